The first-order valence-corrected chi connectivity index (χ1v) is 6.43. The Kier molecular flexibility index (Phi) is 3.43. The van der Waals surface area contributed by atoms with E-state index in [0.717, 1.165) is 12.2 Å². The summed E-state index contributed by atoms with van der Waals surface area (Å²) in [6.45, 7) is 6.09. The predicted octanol–water partition coefficient (Wildman–Crippen LogP) is 2.10. The van der Waals surface area contributed by atoms with E-state index in [2.05, 4.69) is 9.97 Å². The normalized spacial score (nSPS) is 19.4. The second-order valence-corrected chi connectivity index (χ2v) is 5.01. The third-order valence-electron chi connectivity index (χ3n) is 3.22. The molecule has 98 valence electrons. The Morgan fingerprint density at radius 1 is 1.50 bits per heavy atom. The lowest BCUT2D eigenvalue weighted by Crippen LogP contribution is -2.54. The van der Waals surface area contributed by atoms with Crippen molar-refractivity contribution < 1.29 is 4.79 Å². The number of fused-ring (bicyclic) bond motifs is 1. The standard InChI is InChI=1S/C12H17ClN4O/c1-5-8-11(18)16(4)9-6-14-12(13)15-10(9)17(8)7(2)3/h6-8H,5H2,1-4H3. The molecule has 2 heterocycles. The molecule has 1 unspecified atom stereocenters. The van der Waals surface area contributed by atoms with E-state index in [-0.39, 0.29) is 23.3 Å². The zero-order chi connectivity index (χ0) is 13.4. The molecule has 1 aromatic rings. The van der Waals surface area contributed by atoms with Crippen LogP contribution in [0.3, 0.4) is 0 Å². The van der Waals surface area contributed by atoms with E-state index < -0.39 is 0 Å². The molecule has 6 heteroatoms. The SMILES string of the molecule is CCC1C(=O)N(C)c2cnc(Cl)nc2N1C(C)C. The van der Waals surface area contributed by atoms with Crippen LogP contribution in [0, 0.1) is 0 Å². The van der Waals surface area contributed by atoms with Crippen molar-refractivity contribution >= 4 is 29.0 Å². The van der Waals surface area contributed by atoms with Gasteiger partial charge in [0.15, 0.2) is 5.82 Å². The Balaban J connectivity index is 2.60. The molecular weight excluding hydrogens is 252 g/mol. The number of nitrogens with zero attached hydrogens (tertiary/aromatic N) is 4. The Bertz CT molecular complexity index is 477. The van der Waals surface area contributed by atoms with Crippen molar-refractivity contribution in [2.24, 2.45) is 0 Å². The number of rotatable bonds is 2. The summed E-state index contributed by atoms with van der Waals surface area (Å²) in [6.07, 6.45) is 2.34. The van der Waals surface area contributed by atoms with Gasteiger partial charge in [-0.25, -0.2) is 4.98 Å². The maximum Gasteiger partial charge on any atom is 0.249 e. The van der Waals surface area contributed by atoms with Crippen LogP contribution >= 0.6 is 11.6 Å². The van der Waals surface area contributed by atoms with Crippen molar-refractivity contribution in [2.75, 3.05) is 16.8 Å². The zero-order valence-corrected chi connectivity index (χ0v) is 11.8. The number of likely N-dealkylation sites (N-methyl/N-ethyl adjacent to an activating group) is 1. The number of amides is 1. The summed E-state index contributed by atoms with van der Waals surface area (Å²) in [5.74, 6) is 0.809. The van der Waals surface area contributed by atoms with Gasteiger partial charge in [-0.1, -0.05) is 6.92 Å². The highest BCUT2D eigenvalue weighted by molar-refractivity contribution is 6.28. The molecule has 0 radical (unpaired) electrons. The quantitative estimate of drug-likeness (QED) is 0.771. The zero-order valence-electron chi connectivity index (χ0n) is 11.0. The number of carbonyl (C=O) groups is 1. The molecule has 0 N–H and O–H groups in total. The topological polar surface area (TPSA) is 49.3 Å². The first kappa shape index (κ1) is 13.1. The highest BCUT2D eigenvalue weighted by Gasteiger charge is 2.38. The van der Waals surface area contributed by atoms with Crippen LogP contribution in [0.25, 0.3) is 0 Å². The molecule has 5 nitrogen and oxygen atoms in total. The number of anilines is 2. The molecule has 0 saturated carbocycles. The van der Waals surface area contributed by atoms with Gasteiger partial charge in [0.1, 0.15) is 11.7 Å². The van der Waals surface area contributed by atoms with Gasteiger partial charge >= 0.3 is 0 Å². The molecule has 1 aromatic heterocycles. The smallest absolute Gasteiger partial charge is 0.249 e. The van der Waals surface area contributed by atoms with E-state index in [1.54, 1.807) is 18.1 Å². The van der Waals surface area contributed by atoms with Crippen molar-refractivity contribution in [1.29, 1.82) is 0 Å². The summed E-state index contributed by atoms with van der Waals surface area (Å²) in [5.41, 5.74) is 0.711. The van der Waals surface area contributed by atoms with E-state index in [9.17, 15) is 4.79 Å². The summed E-state index contributed by atoms with van der Waals surface area (Å²) in [5, 5.41) is 0.206. The van der Waals surface area contributed by atoms with Crippen molar-refractivity contribution in [3.05, 3.63) is 11.5 Å². The summed E-state index contributed by atoms with van der Waals surface area (Å²) in [7, 11) is 1.75. The molecule has 1 amide bonds. The van der Waals surface area contributed by atoms with E-state index >= 15 is 0 Å². The second kappa shape index (κ2) is 4.72. The average Bonchev–Trinajstić information content (AvgIpc) is 2.32. The number of halogens is 1. The van der Waals surface area contributed by atoms with Crippen molar-refractivity contribution in [3.63, 3.8) is 0 Å². The summed E-state index contributed by atoms with van der Waals surface area (Å²) < 4.78 is 0. The lowest BCUT2D eigenvalue weighted by atomic mass is 10.1. The third kappa shape index (κ3) is 1.92. The van der Waals surface area contributed by atoms with E-state index in [4.69, 9.17) is 11.6 Å². The van der Waals surface area contributed by atoms with Crippen LogP contribution in [0.4, 0.5) is 11.5 Å². The molecule has 1 aliphatic rings. The molecule has 0 spiro atoms. The molecule has 18 heavy (non-hydrogen) atoms. The largest absolute Gasteiger partial charge is 0.340 e. The van der Waals surface area contributed by atoms with Crippen LogP contribution in [-0.2, 0) is 4.79 Å². The van der Waals surface area contributed by atoms with Crippen LogP contribution < -0.4 is 9.80 Å². The van der Waals surface area contributed by atoms with Crippen LogP contribution in [0.5, 0.6) is 0 Å². The monoisotopic (exact) mass is 268 g/mol. The van der Waals surface area contributed by atoms with Gasteiger partial charge in [-0.05, 0) is 31.9 Å². The summed E-state index contributed by atoms with van der Waals surface area (Å²) in [4.78, 5) is 24.2. The minimum absolute atomic E-state index is 0.0737. The minimum Gasteiger partial charge on any atom is -0.340 e. The number of hydrogen-bond acceptors (Lipinski definition) is 4. The minimum atomic E-state index is -0.187. The van der Waals surface area contributed by atoms with Crippen molar-refractivity contribution in [1.82, 2.24) is 9.97 Å². The molecular formula is C12H17ClN4O. The highest BCUT2D eigenvalue weighted by Crippen LogP contribution is 2.35. The molecule has 0 bridgehead atoms. The molecule has 0 saturated heterocycles. The van der Waals surface area contributed by atoms with Gasteiger partial charge < -0.3 is 9.80 Å². The third-order valence-corrected chi connectivity index (χ3v) is 3.40. The Morgan fingerprint density at radius 3 is 2.72 bits per heavy atom. The van der Waals surface area contributed by atoms with Crippen molar-refractivity contribution in [3.8, 4) is 0 Å². The molecule has 0 aromatic carbocycles. The second-order valence-electron chi connectivity index (χ2n) is 4.67. The van der Waals surface area contributed by atoms with Gasteiger partial charge in [0, 0.05) is 13.1 Å². The van der Waals surface area contributed by atoms with E-state index in [0.29, 0.717) is 5.69 Å². The van der Waals surface area contributed by atoms with Crippen LogP contribution in [0.2, 0.25) is 5.28 Å². The van der Waals surface area contributed by atoms with Crippen molar-refractivity contribution in [2.45, 2.75) is 39.3 Å². The fourth-order valence-electron chi connectivity index (χ4n) is 2.36. The molecule has 1 aliphatic heterocycles. The molecule has 1 atom stereocenters. The number of hydrogen-bond donors (Lipinski definition) is 0. The predicted molar refractivity (Wildman–Crippen MR) is 72.1 cm³/mol. The summed E-state index contributed by atoms with van der Waals surface area (Å²) >= 11 is 5.87. The first-order chi connectivity index (χ1) is 8.47. The first-order valence-electron chi connectivity index (χ1n) is 6.05. The van der Waals surface area contributed by atoms with Gasteiger partial charge in [-0.15, -0.1) is 0 Å². The lowest BCUT2D eigenvalue weighted by molar-refractivity contribution is -0.120. The van der Waals surface area contributed by atoms with Crippen LogP contribution in [-0.4, -0.2) is 35.0 Å². The van der Waals surface area contributed by atoms with E-state index in [1.165, 1.54) is 0 Å². The van der Waals surface area contributed by atoms with Gasteiger partial charge in [-0.3, -0.25) is 4.79 Å². The number of aromatic nitrogens is 2. The van der Waals surface area contributed by atoms with Gasteiger partial charge in [0.25, 0.3) is 0 Å². The van der Waals surface area contributed by atoms with E-state index in [1.807, 2.05) is 25.7 Å². The fraction of sp³-hybridized carbons (Fsp3) is 0.583. The summed E-state index contributed by atoms with van der Waals surface area (Å²) in [6, 6.07) is -0.00853. The fourth-order valence-corrected chi connectivity index (χ4v) is 2.49. The van der Waals surface area contributed by atoms with Gasteiger partial charge in [-0.2, -0.15) is 4.98 Å². The number of carbonyl (C=O) groups excluding carboxylic acids is 1. The Labute approximate surface area is 112 Å². The van der Waals surface area contributed by atoms with Gasteiger partial charge in [0.2, 0.25) is 11.2 Å². The Morgan fingerprint density at radius 2 is 2.17 bits per heavy atom. The highest BCUT2D eigenvalue weighted by atomic mass is 35.5. The maximum absolute atomic E-state index is 12.3. The molecule has 0 fully saturated rings. The lowest BCUT2D eigenvalue weighted by Gasteiger charge is -2.42. The molecule has 2 rings (SSSR count). The molecule has 0 aliphatic carbocycles. The van der Waals surface area contributed by atoms with Crippen LogP contribution in [0.15, 0.2) is 6.20 Å². The average molecular weight is 269 g/mol. The Hall–Kier alpha value is -1.36. The maximum atomic E-state index is 12.3. The van der Waals surface area contributed by atoms with Crippen LogP contribution in [0.1, 0.15) is 27.2 Å². The van der Waals surface area contributed by atoms with Gasteiger partial charge in [0.05, 0.1) is 6.20 Å².